The van der Waals surface area contributed by atoms with E-state index >= 15 is 0 Å². The highest BCUT2D eigenvalue weighted by atomic mass is 35.5. The first-order valence-electron chi connectivity index (χ1n) is 7.65. The zero-order valence-corrected chi connectivity index (χ0v) is 15.2. The van der Waals surface area contributed by atoms with Crippen LogP contribution in [0.3, 0.4) is 0 Å². The molecule has 0 saturated heterocycles. The van der Waals surface area contributed by atoms with Crippen molar-refractivity contribution in [1.82, 2.24) is 0 Å². The van der Waals surface area contributed by atoms with Gasteiger partial charge in [0.25, 0.3) is 0 Å². The first-order valence-corrected chi connectivity index (χ1v) is 9.98. The van der Waals surface area contributed by atoms with Crippen LogP contribution in [0, 0.1) is 0 Å². The predicted octanol–water partition coefficient (Wildman–Crippen LogP) is 7.56. The molecule has 0 fully saturated rings. The smallest absolute Gasteiger partial charge is 0.343 e. The zero-order valence-electron chi connectivity index (χ0n) is 13.7. The number of halogens is 6. The van der Waals surface area contributed by atoms with Crippen LogP contribution in [0.5, 0.6) is 5.75 Å². The zero-order chi connectivity index (χ0) is 19.7. The van der Waals surface area contributed by atoms with E-state index in [1.165, 1.54) is 12.1 Å². The van der Waals surface area contributed by atoms with E-state index in [0.717, 1.165) is 24.8 Å². The fourth-order valence-corrected chi connectivity index (χ4v) is 3.57. The fraction of sp³-hybridized carbons (Fsp3) is 0.235. The molecule has 0 saturated carbocycles. The normalized spacial score (nSPS) is 14.4. The Labute approximate surface area is 152 Å². The molecule has 0 atom stereocenters. The maximum absolute atomic E-state index is 12.8. The highest BCUT2D eigenvalue weighted by molar-refractivity contribution is 8.45. The molecule has 144 valence electrons. The first-order chi connectivity index (χ1) is 11.8. The second-order valence-corrected chi connectivity index (χ2v) is 8.54. The highest BCUT2D eigenvalue weighted by Gasteiger charge is 2.66. The van der Waals surface area contributed by atoms with Gasteiger partial charge in [-0.15, -0.1) is 0 Å². The van der Waals surface area contributed by atoms with E-state index in [9.17, 15) is 24.2 Å². The largest absolute Gasteiger partial charge is 0.423 e. The lowest BCUT2D eigenvalue weighted by molar-refractivity contribution is 0.0734. The van der Waals surface area contributed by atoms with Gasteiger partial charge in [-0.25, -0.2) is 4.79 Å². The lowest BCUT2D eigenvalue weighted by Gasteiger charge is -2.41. The van der Waals surface area contributed by atoms with Crippen LogP contribution >= 0.6 is 21.8 Å². The molecule has 0 amide bonds. The number of aryl methyl sites for hydroxylation is 1. The van der Waals surface area contributed by atoms with Crippen molar-refractivity contribution in [2.75, 3.05) is 0 Å². The number of ether oxygens (including phenoxy) is 1. The summed E-state index contributed by atoms with van der Waals surface area (Å²) in [4.78, 5) is 9.81. The number of benzene rings is 2. The van der Waals surface area contributed by atoms with Crippen LogP contribution in [0.25, 0.3) is 0 Å². The molecule has 0 radical (unpaired) electrons. The van der Waals surface area contributed by atoms with Crippen LogP contribution in [-0.2, 0) is 6.42 Å². The summed E-state index contributed by atoms with van der Waals surface area (Å²) in [7, 11) is -9.91. The average Bonchev–Trinajstić information content (AvgIpc) is 2.50. The predicted molar refractivity (Wildman–Crippen MR) is 92.9 cm³/mol. The maximum Gasteiger partial charge on any atom is 0.343 e. The van der Waals surface area contributed by atoms with E-state index in [1.54, 1.807) is 12.1 Å². The Kier molecular flexibility index (Phi) is 5.07. The Bertz CT molecular complexity index is 820. The van der Waals surface area contributed by atoms with E-state index in [-0.39, 0.29) is 17.4 Å². The third-order valence-corrected chi connectivity index (χ3v) is 5.15. The number of carbonyl (C=O) groups excluding carboxylic acids is 1. The van der Waals surface area contributed by atoms with E-state index in [2.05, 4.69) is 6.92 Å². The number of esters is 1. The molecule has 0 aliphatic rings. The minimum Gasteiger partial charge on any atom is -0.423 e. The summed E-state index contributed by atoms with van der Waals surface area (Å²) in [5.74, 6) is -1.19. The van der Waals surface area contributed by atoms with Gasteiger partial charge in [-0.1, -0.05) is 56.5 Å². The van der Waals surface area contributed by atoms with Gasteiger partial charge in [-0.3, -0.25) is 0 Å². The molecule has 0 unspecified atom stereocenters. The fourth-order valence-electron chi connectivity index (χ4n) is 2.21. The lowest BCUT2D eigenvalue weighted by Crippen LogP contribution is -2.10. The molecule has 2 aromatic carbocycles. The van der Waals surface area contributed by atoms with Crippen LogP contribution in [0.4, 0.5) is 19.4 Å². The van der Waals surface area contributed by atoms with E-state index in [1.807, 2.05) is 0 Å². The van der Waals surface area contributed by atoms with E-state index in [4.69, 9.17) is 16.3 Å². The Balaban J connectivity index is 2.16. The standard InChI is InChI=1S/C17H16ClF5O2S/c1-2-3-4-12-5-7-13(8-6-12)17(24)25-14-9-10-16(15(18)11-14)26(19,20,21,22)23/h5-11H,2-4H2,1H3. The molecular formula is C17H16ClF5O2S. The van der Waals surface area contributed by atoms with Gasteiger partial charge in [-0.05, 0) is 42.7 Å². The van der Waals surface area contributed by atoms with Crippen molar-refractivity contribution < 1.29 is 29.0 Å². The van der Waals surface area contributed by atoms with Gasteiger partial charge < -0.3 is 4.74 Å². The molecule has 0 aliphatic carbocycles. The molecule has 2 rings (SSSR count). The minimum absolute atomic E-state index is 0.111. The van der Waals surface area contributed by atoms with E-state index in [0.29, 0.717) is 12.1 Å². The monoisotopic (exact) mass is 414 g/mol. The summed E-state index contributed by atoms with van der Waals surface area (Å²) < 4.78 is 68.9. The van der Waals surface area contributed by atoms with Crippen molar-refractivity contribution in [1.29, 1.82) is 0 Å². The second kappa shape index (κ2) is 6.42. The van der Waals surface area contributed by atoms with Crippen LogP contribution in [-0.4, -0.2) is 5.97 Å². The Morgan fingerprint density at radius 3 is 2.15 bits per heavy atom. The second-order valence-electron chi connectivity index (χ2n) is 5.75. The van der Waals surface area contributed by atoms with Crippen LogP contribution < -0.4 is 4.74 Å². The van der Waals surface area contributed by atoms with Crippen molar-refractivity contribution in [2.24, 2.45) is 0 Å². The molecule has 0 aromatic heterocycles. The molecule has 0 spiro atoms. The van der Waals surface area contributed by atoms with Crippen LogP contribution in [0.1, 0.15) is 35.7 Å². The van der Waals surface area contributed by atoms with Gasteiger partial charge in [0.05, 0.1) is 10.6 Å². The van der Waals surface area contributed by atoms with Gasteiger partial charge in [0.15, 0.2) is 0 Å². The quantitative estimate of drug-likeness (QED) is 0.277. The number of rotatable bonds is 6. The SMILES string of the molecule is CCCCc1ccc(C(=O)Oc2ccc(S(F)(F)(F)(F)F)c(Cl)c2)cc1. The maximum atomic E-state index is 12.8. The molecule has 26 heavy (non-hydrogen) atoms. The van der Waals surface area contributed by atoms with Gasteiger partial charge in [0, 0.05) is 6.07 Å². The molecule has 0 heterocycles. The third-order valence-electron chi connectivity index (χ3n) is 3.54. The number of carbonyl (C=O) groups is 1. The van der Waals surface area contributed by atoms with Gasteiger partial charge in [0.2, 0.25) is 0 Å². The van der Waals surface area contributed by atoms with E-state index < -0.39 is 26.1 Å². The van der Waals surface area contributed by atoms with Crippen molar-refractivity contribution in [3.8, 4) is 5.75 Å². The Morgan fingerprint density at radius 2 is 1.65 bits per heavy atom. The van der Waals surface area contributed by atoms with Crippen molar-refractivity contribution in [2.45, 2.75) is 31.1 Å². The summed E-state index contributed by atoms with van der Waals surface area (Å²) in [5, 5.41) is -1.23. The number of unbranched alkanes of at least 4 members (excludes halogenated alkanes) is 1. The highest BCUT2D eigenvalue weighted by Crippen LogP contribution is 3.02. The first kappa shape index (κ1) is 20.5. The van der Waals surface area contributed by atoms with Gasteiger partial charge >= 0.3 is 16.2 Å². The van der Waals surface area contributed by atoms with Crippen molar-refractivity contribution in [3.63, 3.8) is 0 Å². The van der Waals surface area contributed by atoms with Crippen molar-refractivity contribution >= 4 is 27.8 Å². The molecule has 2 aromatic rings. The average molecular weight is 415 g/mol. The molecule has 2 nitrogen and oxygen atoms in total. The molecule has 0 N–H and O–H groups in total. The summed E-state index contributed by atoms with van der Waals surface area (Å²) in [6.45, 7) is 2.05. The summed E-state index contributed by atoms with van der Waals surface area (Å²) in [6, 6.07) is 7.83. The van der Waals surface area contributed by atoms with Crippen LogP contribution in [0.2, 0.25) is 5.02 Å². The summed E-state index contributed by atoms with van der Waals surface area (Å²) in [6.07, 6.45) is 2.89. The van der Waals surface area contributed by atoms with Crippen LogP contribution in [0.15, 0.2) is 47.4 Å². The lowest BCUT2D eigenvalue weighted by atomic mass is 10.1. The molecular weight excluding hydrogens is 399 g/mol. The molecule has 0 bridgehead atoms. The Morgan fingerprint density at radius 1 is 1.04 bits per heavy atom. The number of hydrogen-bond acceptors (Lipinski definition) is 2. The summed E-state index contributed by atoms with van der Waals surface area (Å²) >= 11 is 5.33. The van der Waals surface area contributed by atoms with Gasteiger partial charge in [-0.2, -0.15) is 0 Å². The molecule has 9 heteroatoms. The summed E-state index contributed by atoms with van der Waals surface area (Å²) in [5.41, 5.74) is 1.21. The Hall–Kier alpha value is -1.80. The topological polar surface area (TPSA) is 26.3 Å². The minimum atomic E-state index is -9.91. The number of hydrogen-bond donors (Lipinski definition) is 0. The molecule has 0 aliphatic heterocycles. The van der Waals surface area contributed by atoms with Gasteiger partial charge in [0.1, 0.15) is 10.6 Å². The third kappa shape index (κ3) is 5.35. The van der Waals surface area contributed by atoms with Crippen molar-refractivity contribution in [3.05, 3.63) is 58.6 Å².